The van der Waals surface area contributed by atoms with Gasteiger partial charge in [0.15, 0.2) is 0 Å². The zero-order chi connectivity index (χ0) is 14.2. The fraction of sp³-hybridized carbons (Fsp3) is 0. The molecule has 0 aliphatic rings. The van der Waals surface area contributed by atoms with Crippen molar-refractivity contribution in [3.8, 4) is 21.7 Å². The van der Waals surface area contributed by atoms with Crippen molar-refractivity contribution >= 4 is 16.3 Å². The van der Waals surface area contributed by atoms with Crippen LogP contribution in [0.15, 0.2) is 60.9 Å². The number of hydrogen-bond acceptors (Lipinski definition) is 3. The number of hydrogen-bond donors (Lipinski definition) is 0. The summed E-state index contributed by atoms with van der Waals surface area (Å²) in [5, 5.41) is 4.26. The summed E-state index contributed by atoms with van der Waals surface area (Å²) < 4.78 is 15.9. The molecule has 0 aliphatic carbocycles. The monoisotopic (exact) mass is 295 g/mol. The normalized spacial score (nSPS) is 11.1. The summed E-state index contributed by atoms with van der Waals surface area (Å²) in [4.78, 5) is 5.83. The lowest BCUT2D eigenvalue weighted by molar-refractivity contribution is 0.631. The predicted octanol–water partition coefficient (Wildman–Crippen LogP) is 4.26. The molecular formula is C16H10FN3S. The number of thiazole rings is 1. The zero-order valence-electron chi connectivity index (χ0n) is 10.9. The van der Waals surface area contributed by atoms with E-state index in [9.17, 15) is 4.39 Å². The topological polar surface area (TPSA) is 30.2 Å². The van der Waals surface area contributed by atoms with E-state index in [-0.39, 0.29) is 5.82 Å². The molecule has 0 saturated heterocycles. The number of halogens is 1. The highest BCUT2D eigenvalue weighted by molar-refractivity contribution is 7.20. The Morgan fingerprint density at radius 3 is 2.52 bits per heavy atom. The molecule has 5 heteroatoms. The summed E-state index contributed by atoms with van der Waals surface area (Å²) >= 11 is 1.44. The molecule has 2 heterocycles. The van der Waals surface area contributed by atoms with Crippen molar-refractivity contribution in [2.24, 2.45) is 0 Å². The van der Waals surface area contributed by atoms with E-state index >= 15 is 0 Å². The Labute approximate surface area is 124 Å². The molecule has 0 N–H and O–H groups in total. The smallest absolute Gasteiger partial charge is 0.206 e. The van der Waals surface area contributed by atoms with Crippen LogP contribution in [0, 0.1) is 5.82 Å². The van der Waals surface area contributed by atoms with E-state index in [1.54, 1.807) is 16.6 Å². The Kier molecular flexibility index (Phi) is 2.79. The van der Waals surface area contributed by atoms with E-state index in [0.29, 0.717) is 5.56 Å². The maximum absolute atomic E-state index is 14.2. The predicted molar refractivity (Wildman–Crippen MR) is 81.7 cm³/mol. The summed E-state index contributed by atoms with van der Waals surface area (Å²) in [6.07, 6.45) is 1.52. The Balaban J connectivity index is 2.06. The maximum Gasteiger partial charge on any atom is 0.213 e. The van der Waals surface area contributed by atoms with Crippen LogP contribution in [0.25, 0.3) is 26.7 Å². The Hall–Kier alpha value is -2.53. The van der Waals surface area contributed by atoms with Gasteiger partial charge in [-0.2, -0.15) is 5.10 Å². The van der Waals surface area contributed by atoms with Crippen LogP contribution in [0.2, 0.25) is 0 Å². The van der Waals surface area contributed by atoms with Gasteiger partial charge in [0.05, 0.1) is 10.6 Å². The van der Waals surface area contributed by atoms with Crippen LogP contribution in [-0.4, -0.2) is 14.6 Å². The molecule has 0 bridgehead atoms. The Morgan fingerprint density at radius 2 is 1.71 bits per heavy atom. The third-order valence-electron chi connectivity index (χ3n) is 3.30. The summed E-state index contributed by atoms with van der Waals surface area (Å²) in [5.41, 5.74) is 2.44. The van der Waals surface area contributed by atoms with Crippen molar-refractivity contribution < 1.29 is 4.39 Å². The summed E-state index contributed by atoms with van der Waals surface area (Å²) in [6.45, 7) is 0. The molecule has 0 spiro atoms. The number of benzene rings is 2. The minimum Gasteiger partial charge on any atom is -0.206 e. The number of aromatic nitrogens is 3. The molecule has 0 unspecified atom stereocenters. The molecular weight excluding hydrogens is 285 g/mol. The average Bonchev–Trinajstić information content (AvgIpc) is 3.09. The molecule has 0 radical (unpaired) electrons. The van der Waals surface area contributed by atoms with Crippen molar-refractivity contribution in [2.75, 3.05) is 0 Å². The number of rotatable bonds is 2. The first kappa shape index (κ1) is 12.2. The molecule has 2 aromatic heterocycles. The molecule has 4 aromatic rings. The minimum absolute atomic E-state index is 0.237. The van der Waals surface area contributed by atoms with Gasteiger partial charge in [-0.15, -0.1) is 0 Å². The molecule has 4 rings (SSSR count). The first-order chi connectivity index (χ1) is 10.3. The van der Waals surface area contributed by atoms with Gasteiger partial charge < -0.3 is 0 Å². The van der Waals surface area contributed by atoms with Crippen LogP contribution in [-0.2, 0) is 0 Å². The van der Waals surface area contributed by atoms with Crippen molar-refractivity contribution in [3.05, 3.63) is 66.7 Å². The molecule has 0 fully saturated rings. The quantitative estimate of drug-likeness (QED) is 0.553. The lowest BCUT2D eigenvalue weighted by Crippen LogP contribution is -1.91. The van der Waals surface area contributed by atoms with Gasteiger partial charge in [-0.3, -0.25) is 0 Å². The van der Waals surface area contributed by atoms with Gasteiger partial charge in [0, 0.05) is 11.1 Å². The van der Waals surface area contributed by atoms with E-state index in [1.807, 2.05) is 36.4 Å². The fourth-order valence-electron chi connectivity index (χ4n) is 2.37. The van der Waals surface area contributed by atoms with Crippen LogP contribution >= 0.6 is 11.3 Å². The lowest BCUT2D eigenvalue weighted by atomic mass is 10.1. The maximum atomic E-state index is 14.2. The molecule has 2 aromatic carbocycles. The summed E-state index contributed by atoms with van der Waals surface area (Å²) in [7, 11) is 0. The molecule has 0 amide bonds. The number of fused-ring (bicyclic) bond motifs is 1. The van der Waals surface area contributed by atoms with Crippen LogP contribution in [0.3, 0.4) is 0 Å². The van der Waals surface area contributed by atoms with Gasteiger partial charge in [0.1, 0.15) is 12.1 Å². The Morgan fingerprint density at radius 1 is 0.952 bits per heavy atom. The van der Waals surface area contributed by atoms with E-state index < -0.39 is 0 Å². The Bertz CT molecular complexity index is 912. The van der Waals surface area contributed by atoms with E-state index in [0.717, 1.165) is 21.1 Å². The van der Waals surface area contributed by atoms with Crippen molar-refractivity contribution in [1.82, 2.24) is 14.6 Å². The van der Waals surface area contributed by atoms with Gasteiger partial charge in [-0.05, 0) is 6.07 Å². The van der Waals surface area contributed by atoms with E-state index in [4.69, 9.17) is 0 Å². The third-order valence-corrected chi connectivity index (χ3v) is 4.38. The molecule has 0 saturated carbocycles. The van der Waals surface area contributed by atoms with Crippen LogP contribution < -0.4 is 0 Å². The molecule has 102 valence electrons. The second-order valence-corrected chi connectivity index (χ2v) is 5.56. The molecule has 21 heavy (non-hydrogen) atoms. The van der Waals surface area contributed by atoms with E-state index in [1.165, 1.54) is 23.7 Å². The second-order valence-electron chi connectivity index (χ2n) is 4.58. The van der Waals surface area contributed by atoms with Gasteiger partial charge >= 0.3 is 0 Å². The van der Waals surface area contributed by atoms with Crippen LogP contribution in [0.4, 0.5) is 4.39 Å². The lowest BCUT2D eigenvalue weighted by Gasteiger charge is -2.05. The highest BCUT2D eigenvalue weighted by Gasteiger charge is 2.19. The summed E-state index contributed by atoms with van der Waals surface area (Å²) in [6, 6.07) is 16.6. The van der Waals surface area contributed by atoms with Crippen molar-refractivity contribution in [1.29, 1.82) is 0 Å². The highest BCUT2D eigenvalue weighted by atomic mass is 32.1. The zero-order valence-corrected chi connectivity index (χ0v) is 11.7. The van der Waals surface area contributed by atoms with Gasteiger partial charge in [-0.1, -0.05) is 59.9 Å². The van der Waals surface area contributed by atoms with E-state index in [2.05, 4.69) is 10.1 Å². The standard InChI is InChI=1S/C16H10FN3S/c17-13-9-5-4-8-12(13)15-14(11-6-2-1-3-7-11)20-16(21-15)18-10-19-20/h1-10H. The van der Waals surface area contributed by atoms with Gasteiger partial charge in [-0.25, -0.2) is 13.9 Å². The van der Waals surface area contributed by atoms with Gasteiger partial charge in [0.2, 0.25) is 4.96 Å². The van der Waals surface area contributed by atoms with Crippen molar-refractivity contribution in [2.45, 2.75) is 0 Å². The van der Waals surface area contributed by atoms with Gasteiger partial charge in [0.25, 0.3) is 0 Å². The first-order valence-electron chi connectivity index (χ1n) is 6.47. The highest BCUT2D eigenvalue weighted by Crippen LogP contribution is 2.39. The number of nitrogens with zero attached hydrogens (tertiary/aromatic N) is 3. The van der Waals surface area contributed by atoms with Crippen molar-refractivity contribution in [3.63, 3.8) is 0 Å². The van der Waals surface area contributed by atoms with Crippen LogP contribution in [0.1, 0.15) is 0 Å². The third kappa shape index (κ3) is 1.94. The molecule has 0 aliphatic heterocycles. The summed E-state index contributed by atoms with van der Waals surface area (Å²) in [5.74, 6) is -0.237. The first-order valence-corrected chi connectivity index (χ1v) is 7.29. The minimum atomic E-state index is -0.237. The largest absolute Gasteiger partial charge is 0.213 e. The second kappa shape index (κ2) is 4.79. The molecule has 0 atom stereocenters. The van der Waals surface area contributed by atoms with Crippen LogP contribution in [0.5, 0.6) is 0 Å². The molecule has 3 nitrogen and oxygen atoms in total. The SMILES string of the molecule is Fc1ccccc1-c1sc2ncnn2c1-c1ccccc1. The average molecular weight is 295 g/mol. The fourth-order valence-corrected chi connectivity index (χ4v) is 3.45.